The molecule has 0 amide bonds. The molecule has 3 heterocycles. The molecule has 34 heteroatoms. The third kappa shape index (κ3) is 23.8. The molecule has 0 aliphatic carbocycles. The van der Waals surface area contributed by atoms with Crippen LogP contribution in [-0.4, -0.2) is 148 Å². The molecule has 0 spiro atoms. The molecular weight excluding hydrogens is 1660 g/mol. The van der Waals surface area contributed by atoms with E-state index in [0.717, 1.165) is 0 Å². The van der Waals surface area contributed by atoms with Crippen LogP contribution in [0.1, 0.15) is 16.7 Å². The second-order valence-electron chi connectivity index (χ2n) is 8.44. The molecule has 6 rings (SSSR count). The van der Waals surface area contributed by atoms with Gasteiger partial charge in [-0.15, -0.1) is 0 Å². The van der Waals surface area contributed by atoms with Gasteiger partial charge in [-0.1, -0.05) is 54.6 Å². The van der Waals surface area contributed by atoms with Gasteiger partial charge >= 0.3 is 105 Å². The normalized spacial score (nSPS) is 15.3. The van der Waals surface area contributed by atoms with Crippen molar-refractivity contribution in [1.29, 1.82) is 0 Å². The maximum Gasteiger partial charge on any atom is 3.00 e. The molecule has 0 atom stereocenters. The van der Waals surface area contributed by atoms with E-state index in [1.165, 1.54) is 36.4 Å². The Balaban J connectivity index is -0.000000292. The van der Waals surface area contributed by atoms with Gasteiger partial charge in [-0.2, -0.15) is 61.9 Å². The van der Waals surface area contributed by atoms with Crippen LogP contribution in [0.4, 0.5) is 0 Å². The van der Waals surface area contributed by atoms with Gasteiger partial charge in [0.25, 0.3) is 30.1 Å². The average molecular weight is 1670 g/mol. The number of rotatable bonds is 0. The summed E-state index contributed by atoms with van der Waals surface area (Å²) in [6, 6.07) is 18.0. The third-order valence-electron chi connectivity index (χ3n) is 4.80. The fourth-order valence-corrected chi connectivity index (χ4v) is 6.52. The average Bonchev–Trinajstić information content (AvgIpc) is 3.43. The van der Waals surface area contributed by atoms with Crippen molar-refractivity contribution < 1.29 is 98.3 Å². The van der Waals surface area contributed by atoms with Crippen LogP contribution in [-0.2, 0) is 43.8 Å². The van der Waals surface area contributed by atoms with Crippen molar-refractivity contribution in [3.8, 4) is 0 Å². The van der Waals surface area contributed by atoms with Gasteiger partial charge < -0.3 is 73.1 Å². The number of benzene rings is 3. The fraction of sp³-hybridized carbons (Fsp3) is 0. The molecule has 3 aliphatic heterocycles. The van der Waals surface area contributed by atoms with Crippen molar-refractivity contribution >= 4 is 176 Å². The van der Waals surface area contributed by atoms with Crippen LogP contribution in [0.15, 0.2) is 101 Å². The number of sulfonamides is 3. The van der Waals surface area contributed by atoms with Gasteiger partial charge in [-0.3, -0.25) is 0 Å². The molecule has 0 fully saturated rings. The monoisotopic (exact) mass is 1670 g/mol. The van der Waals surface area contributed by atoms with E-state index in [2.05, 4.69) is 13.2 Å². The first-order valence-corrected chi connectivity index (χ1v) is 20.6. The first-order chi connectivity index (χ1) is 22.8. The standard InChI is InChI=1S/3C7H5NO3S.4Bi.3H3O4P/c3*9-7-5-3-1-2-4-6(5)12(10,11)8-7;;;;;3*1-5(2,3)4/h3*1-4H,(H,8,9);;;;;3*(H3,1,2,3,4)/q;;;4*+3;;;/p-12. The number of hydrogen-bond acceptors (Lipinski definition) is 21. The van der Waals surface area contributed by atoms with Gasteiger partial charge in [0.2, 0.25) is 0 Å². The Kier molecular flexibility index (Phi) is 27.7. The van der Waals surface area contributed by atoms with Crippen LogP contribution in [0.5, 0.6) is 0 Å². The van der Waals surface area contributed by atoms with E-state index in [0.29, 0.717) is 0 Å². The zero-order valence-electron chi connectivity index (χ0n) is 25.7. The van der Waals surface area contributed by atoms with Crippen LogP contribution in [0.2, 0.25) is 0 Å². The van der Waals surface area contributed by atoms with Crippen LogP contribution in [0.3, 0.4) is 0 Å². The van der Waals surface area contributed by atoms with Crippen molar-refractivity contribution in [3.05, 3.63) is 89.5 Å². The summed E-state index contributed by atoms with van der Waals surface area (Å²) >= 11 is 0. The smallest absolute Gasteiger partial charge is 0.858 e. The summed E-state index contributed by atoms with van der Waals surface area (Å²) in [7, 11) is -27.2. The molecule has 8 radical (unpaired) electrons. The first-order valence-electron chi connectivity index (χ1n) is 11.9. The second kappa shape index (κ2) is 24.8. The summed E-state index contributed by atoms with van der Waals surface area (Å²) in [4.78, 5) is 77.0. The van der Waals surface area contributed by atoms with Gasteiger partial charge in [0.15, 0.2) is 0 Å². The van der Waals surface area contributed by atoms with E-state index in [1.54, 1.807) is 36.4 Å². The summed E-state index contributed by atoms with van der Waals surface area (Å²) in [5.41, 5.74) is 0.493. The van der Waals surface area contributed by atoms with Gasteiger partial charge in [-0.25, -0.2) is 0 Å². The number of nitrogens with zero attached hydrogens (tertiary/aromatic N) is 3. The Labute approximate surface area is 387 Å². The Morgan fingerprint density at radius 1 is 0.364 bits per heavy atom. The molecule has 3 aromatic rings. The Morgan fingerprint density at radius 2 is 0.509 bits per heavy atom. The molecule has 24 nitrogen and oxygen atoms in total. The van der Waals surface area contributed by atoms with Gasteiger partial charge in [0, 0.05) is 34.4 Å². The van der Waals surface area contributed by atoms with E-state index in [4.69, 9.17) is 57.7 Å². The van der Waals surface area contributed by atoms with Gasteiger partial charge in [-0.05, 0) is 18.2 Å². The number of fused-ring (bicyclic) bond motifs is 3. The SMILES string of the molecule is O=P([O-])([O-])[O-].O=P([O-])([O-])[O-].O=P([O-])([O-])[O-].O=S1(=O)N=C([O-])c2ccccc21.O=S1(=O)N=C([O-])c2ccccc21.O=S1(=O)N=C([O-])c2ccccc21.[Bi+3].[Bi+3].[Bi+3].[Bi+3]. The number of phosphoric acid groups is 3. The molecular formula is C21H12Bi4N3O21P3S3. The summed E-state index contributed by atoms with van der Waals surface area (Å²) in [5, 5.41) is 32.8. The van der Waals surface area contributed by atoms with Crippen LogP contribution in [0, 0.1) is 0 Å². The summed E-state index contributed by atoms with van der Waals surface area (Å²) in [5.74, 6) is -2.03. The van der Waals surface area contributed by atoms with E-state index in [9.17, 15) is 40.6 Å². The quantitative estimate of drug-likeness (QED) is 0.149. The summed E-state index contributed by atoms with van der Waals surface area (Å²) in [6.07, 6.45) is 0. The topological polar surface area (TPSA) is 467 Å². The molecule has 0 bridgehead atoms. The fourth-order valence-electron chi connectivity index (χ4n) is 3.23. The second-order valence-corrected chi connectivity index (χ2v) is 15.8. The van der Waals surface area contributed by atoms with Crippen molar-refractivity contribution in [1.82, 2.24) is 0 Å². The Bertz CT molecular complexity index is 2060. The maximum absolute atomic E-state index is 11.1. The molecule has 55 heavy (non-hydrogen) atoms. The molecule has 0 unspecified atom stereocenters. The maximum atomic E-state index is 11.1. The van der Waals surface area contributed by atoms with Crippen molar-refractivity contribution in [3.63, 3.8) is 0 Å². The van der Waals surface area contributed by atoms with Gasteiger partial charge in [0.1, 0.15) is 0 Å². The zero-order chi connectivity index (χ0) is 39.8. The van der Waals surface area contributed by atoms with E-state index in [-0.39, 0.29) is 136 Å². The van der Waals surface area contributed by atoms with Crippen molar-refractivity contribution in [2.24, 2.45) is 13.2 Å². The third-order valence-corrected chi connectivity index (χ3v) is 8.75. The molecule has 3 aromatic carbocycles. The Hall–Kier alpha value is -0.218. The summed E-state index contributed by atoms with van der Waals surface area (Å²) in [6.45, 7) is 0. The molecule has 0 aromatic heterocycles. The first kappa shape index (κ1) is 61.4. The minimum Gasteiger partial charge on any atom is -0.858 e. The largest absolute Gasteiger partial charge is 3.00 e. The van der Waals surface area contributed by atoms with Crippen molar-refractivity contribution in [2.45, 2.75) is 14.7 Å². The number of hydrogen-bond donors (Lipinski definition) is 0. The molecule has 0 N–H and O–H groups in total. The molecule has 0 saturated carbocycles. The zero-order valence-corrected chi connectivity index (χ0v) is 44.7. The van der Waals surface area contributed by atoms with E-state index in [1.807, 2.05) is 0 Å². The predicted molar refractivity (Wildman–Crippen MR) is 166 cm³/mol. The predicted octanol–water partition coefficient (Wildman–Crippen LogP) is -11.5. The Morgan fingerprint density at radius 3 is 0.655 bits per heavy atom. The van der Waals surface area contributed by atoms with Crippen LogP contribution in [0.25, 0.3) is 0 Å². The van der Waals surface area contributed by atoms with Crippen LogP contribution < -0.4 is 59.4 Å². The minimum atomic E-state index is -5.39. The van der Waals surface area contributed by atoms with Crippen LogP contribution >= 0.6 is 23.5 Å². The minimum absolute atomic E-state index is 0. The van der Waals surface area contributed by atoms with Crippen molar-refractivity contribution in [2.75, 3.05) is 0 Å². The van der Waals surface area contributed by atoms with E-state index >= 15 is 0 Å². The van der Waals surface area contributed by atoms with E-state index < -0.39 is 71.2 Å². The van der Waals surface area contributed by atoms with Gasteiger partial charge in [0.05, 0.1) is 14.7 Å². The molecule has 290 valence electrons. The molecule has 3 aliphatic rings. The summed E-state index contributed by atoms with van der Waals surface area (Å²) < 4.78 is 101. The molecule has 0 saturated heterocycles.